The third kappa shape index (κ3) is 8.78. The first-order valence-corrected chi connectivity index (χ1v) is 10.7. The van der Waals surface area contributed by atoms with E-state index < -0.39 is 0 Å². The molecule has 0 nitrogen and oxygen atoms in total. The van der Waals surface area contributed by atoms with E-state index in [9.17, 15) is 0 Å². The molecule has 2 aromatic carbocycles. The second kappa shape index (κ2) is 13.0. The largest absolute Gasteiger partial charge is 0.0888 e. The lowest BCUT2D eigenvalue weighted by Crippen LogP contribution is -1.87. The molecule has 27 heavy (non-hydrogen) atoms. The molecule has 0 fully saturated rings. The Morgan fingerprint density at radius 2 is 1.19 bits per heavy atom. The minimum Gasteiger partial charge on any atom is -0.0888 e. The summed E-state index contributed by atoms with van der Waals surface area (Å²) in [5.74, 6) is 6.58. The second-order valence-electron chi connectivity index (χ2n) is 7.23. The Labute approximate surface area is 166 Å². The van der Waals surface area contributed by atoms with Gasteiger partial charge in [0.1, 0.15) is 0 Å². The summed E-state index contributed by atoms with van der Waals surface area (Å²) in [5, 5.41) is 0. The Balaban J connectivity index is 1.81. The number of hydrogen-bond acceptors (Lipinski definition) is 0. The minimum absolute atomic E-state index is 1.09. The minimum atomic E-state index is 1.09. The van der Waals surface area contributed by atoms with Crippen molar-refractivity contribution in [2.45, 2.75) is 71.6 Å². The van der Waals surface area contributed by atoms with E-state index in [0.29, 0.717) is 0 Å². The fraction of sp³-hybridized carbons (Fsp3) is 0.407. The van der Waals surface area contributed by atoms with Crippen LogP contribution in [0, 0.1) is 11.8 Å². The Kier molecular flexibility index (Phi) is 10.1. The highest BCUT2D eigenvalue weighted by Crippen LogP contribution is 2.11. The molecule has 0 saturated heterocycles. The zero-order valence-corrected chi connectivity index (χ0v) is 17.1. The van der Waals surface area contributed by atoms with E-state index in [1.54, 1.807) is 0 Å². The topological polar surface area (TPSA) is 0 Å². The molecule has 0 radical (unpaired) electrons. The lowest BCUT2D eigenvalue weighted by Gasteiger charge is -2.02. The zero-order valence-electron chi connectivity index (χ0n) is 17.1. The second-order valence-corrected chi connectivity index (χ2v) is 7.23. The van der Waals surface area contributed by atoms with E-state index in [0.717, 1.165) is 30.4 Å². The number of unbranched alkanes of at least 4 members (excludes halogenated alkanes) is 4. The molecule has 0 aliphatic heterocycles. The molecule has 0 unspecified atom stereocenters. The maximum absolute atomic E-state index is 3.29. The van der Waals surface area contributed by atoms with Gasteiger partial charge in [-0.2, -0.15) is 0 Å². The van der Waals surface area contributed by atoms with Crippen LogP contribution in [0.15, 0.2) is 60.7 Å². The summed E-state index contributed by atoms with van der Waals surface area (Å²) in [5.41, 5.74) is 4.99. The maximum Gasteiger partial charge on any atom is 0.0249 e. The molecule has 0 atom stereocenters. The van der Waals surface area contributed by atoms with Crippen LogP contribution >= 0.6 is 0 Å². The Morgan fingerprint density at radius 1 is 0.630 bits per heavy atom. The van der Waals surface area contributed by atoms with Gasteiger partial charge >= 0.3 is 0 Å². The summed E-state index contributed by atoms with van der Waals surface area (Å²) in [7, 11) is 0. The van der Waals surface area contributed by atoms with Crippen molar-refractivity contribution in [3.63, 3.8) is 0 Å². The van der Waals surface area contributed by atoms with Crippen LogP contribution in [-0.2, 0) is 12.8 Å². The highest BCUT2D eigenvalue weighted by atomic mass is 14.0. The van der Waals surface area contributed by atoms with E-state index in [1.807, 2.05) is 0 Å². The molecule has 0 heteroatoms. The first-order valence-electron chi connectivity index (χ1n) is 10.7. The average Bonchev–Trinajstić information content (AvgIpc) is 2.71. The third-order valence-corrected chi connectivity index (χ3v) is 4.83. The average molecular weight is 359 g/mol. The SMILES string of the molecule is CCC=CCCc1ccc(C#Cc2ccc(CCCCCCC)cc2)cc1. The molecule has 0 aliphatic carbocycles. The van der Waals surface area contributed by atoms with Gasteiger partial charge in [-0.25, -0.2) is 0 Å². The summed E-state index contributed by atoms with van der Waals surface area (Å²) < 4.78 is 0. The molecule has 142 valence electrons. The Hall–Kier alpha value is -2.26. The van der Waals surface area contributed by atoms with Crippen LogP contribution in [0.5, 0.6) is 0 Å². The summed E-state index contributed by atoms with van der Waals surface area (Å²) in [6.07, 6.45) is 15.7. The predicted molar refractivity (Wildman–Crippen MR) is 119 cm³/mol. The first-order chi connectivity index (χ1) is 13.3. The Bertz CT molecular complexity index is 720. The van der Waals surface area contributed by atoms with Gasteiger partial charge in [0.15, 0.2) is 0 Å². The van der Waals surface area contributed by atoms with E-state index >= 15 is 0 Å². The normalized spacial score (nSPS) is 10.7. The predicted octanol–water partition coefficient (Wildman–Crippen LogP) is 7.50. The third-order valence-electron chi connectivity index (χ3n) is 4.83. The molecular weight excluding hydrogens is 324 g/mol. The molecule has 0 aliphatic rings. The summed E-state index contributed by atoms with van der Waals surface area (Å²) in [6.45, 7) is 4.44. The van der Waals surface area contributed by atoms with Crippen LogP contribution in [0.4, 0.5) is 0 Å². The van der Waals surface area contributed by atoms with Crippen LogP contribution in [0.1, 0.15) is 81.0 Å². The van der Waals surface area contributed by atoms with Gasteiger partial charge in [-0.15, -0.1) is 0 Å². The van der Waals surface area contributed by atoms with Crippen molar-refractivity contribution >= 4 is 0 Å². The highest BCUT2D eigenvalue weighted by molar-refractivity contribution is 5.44. The molecule has 0 amide bonds. The van der Waals surface area contributed by atoms with Crippen LogP contribution < -0.4 is 0 Å². The van der Waals surface area contributed by atoms with Gasteiger partial charge in [-0.3, -0.25) is 0 Å². The Morgan fingerprint density at radius 3 is 1.74 bits per heavy atom. The van der Waals surface area contributed by atoms with Gasteiger partial charge in [-0.1, -0.05) is 87.8 Å². The van der Waals surface area contributed by atoms with Crippen LogP contribution in [0.3, 0.4) is 0 Å². The molecule has 2 aromatic rings. The molecule has 0 spiro atoms. The zero-order chi connectivity index (χ0) is 19.2. The lowest BCUT2D eigenvalue weighted by atomic mass is 10.0. The fourth-order valence-corrected chi connectivity index (χ4v) is 3.12. The van der Waals surface area contributed by atoms with E-state index in [4.69, 9.17) is 0 Å². The van der Waals surface area contributed by atoms with Gasteiger partial charge in [0.05, 0.1) is 0 Å². The monoisotopic (exact) mass is 358 g/mol. The van der Waals surface area contributed by atoms with Gasteiger partial charge in [0.2, 0.25) is 0 Å². The molecule has 2 rings (SSSR count). The molecule has 0 heterocycles. The molecule has 0 bridgehead atoms. The molecule has 0 saturated carbocycles. The van der Waals surface area contributed by atoms with Crippen molar-refractivity contribution < 1.29 is 0 Å². The number of rotatable bonds is 10. The lowest BCUT2D eigenvalue weighted by molar-refractivity contribution is 0.632. The number of benzene rings is 2. The number of allylic oxidation sites excluding steroid dienone is 2. The van der Waals surface area contributed by atoms with Gasteiger partial charge in [0.25, 0.3) is 0 Å². The fourth-order valence-electron chi connectivity index (χ4n) is 3.12. The van der Waals surface area contributed by atoms with Crippen molar-refractivity contribution in [1.82, 2.24) is 0 Å². The quantitative estimate of drug-likeness (QED) is 0.234. The summed E-state index contributed by atoms with van der Waals surface area (Å²) in [4.78, 5) is 0. The number of aryl methyl sites for hydroxylation is 2. The van der Waals surface area contributed by atoms with Crippen molar-refractivity contribution in [1.29, 1.82) is 0 Å². The van der Waals surface area contributed by atoms with Crippen LogP contribution in [-0.4, -0.2) is 0 Å². The van der Waals surface area contributed by atoms with Gasteiger partial charge in [0, 0.05) is 11.1 Å². The van der Waals surface area contributed by atoms with Gasteiger partial charge in [-0.05, 0) is 67.5 Å². The van der Waals surface area contributed by atoms with Crippen LogP contribution in [0.2, 0.25) is 0 Å². The van der Waals surface area contributed by atoms with Crippen LogP contribution in [0.25, 0.3) is 0 Å². The molecular formula is C27H34. The van der Waals surface area contributed by atoms with Crippen molar-refractivity contribution in [2.75, 3.05) is 0 Å². The van der Waals surface area contributed by atoms with Crippen molar-refractivity contribution in [3.05, 3.63) is 82.9 Å². The van der Waals surface area contributed by atoms with E-state index in [-0.39, 0.29) is 0 Å². The molecule has 0 aromatic heterocycles. The summed E-state index contributed by atoms with van der Waals surface area (Å²) >= 11 is 0. The maximum atomic E-state index is 3.29. The highest BCUT2D eigenvalue weighted by Gasteiger charge is 1.95. The smallest absolute Gasteiger partial charge is 0.0249 e. The van der Waals surface area contributed by atoms with Crippen molar-refractivity contribution in [3.8, 4) is 11.8 Å². The number of hydrogen-bond donors (Lipinski definition) is 0. The van der Waals surface area contributed by atoms with E-state index in [1.165, 1.54) is 49.7 Å². The summed E-state index contributed by atoms with van der Waals surface area (Å²) in [6, 6.07) is 17.4. The standard InChI is InChI=1S/C27H34/c1-3-5-7-9-11-13-25-16-20-27(21-17-25)23-22-26-18-14-24(15-19-26)12-10-8-6-4-2/h6,8,14-21H,3-5,7,9-13H2,1-2H3. The van der Waals surface area contributed by atoms with Crippen molar-refractivity contribution in [2.24, 2.45) is 0 Å². The van der Waals surface area contributed by atoms with E-state index in [2.05, 4.69) is 86.4 Å². The van der Waals surface area contributed by atoms with Gasteiger partial charge < -0.3 is 0 Å². The molecule has 0 N–H and O–H groups in total. The first kappa shape index (κ1) is 21.0.